The number of carbonyl (C=O) groups excluding carboxylic acids is 1. The van der Waals surface area contributed by atoms with Gasteiger partial charge < -0.3 is 9.47 Å². The zero-order valence-corrected chi connectivity index (χ0v) is 12.2. The van der Waals surface area contributed by atoms with Crippen LogP contribution in [0.3, 0.4) is 0 Å². The summed E-state index contributed by atoms with van der Waals surface area (Å²) in [6, 6.07) is 22.3. The van der Waals surface area contributed by atoms with Gasteiger partial charge in [0.15, 0.2) is 11.4 Å². The number of aromatic nitrogens is 1. The standard InChI is InChI=1S/C19H13NO3/c21-18-17-16(12-7-13-20-17)22-19(23-18,14-8-3-1-4-9-14)15-10-5-2-6-11-15/h1-13H. The molecule has 4 nitrogen and oxygen atoms in total. The predicted molar refractivity (Wildman–Crippen MR) is 83.9 cm³/mol. The van der Waals surface area contributed by atoms with Crippen molar-refractivity contribution < 1.29 is 14.3 Å². The molecule has 2 heterocycles. The van der Waals surface area contributed by atoms with Crippen LogP contribution in [0.15, 0.2) is 79.0 Å². The zero-order chi connectivity index (χ0) is 15.7. The maximum absolute atomic E-state index is 12.5. The second-order valence-electron chi connectivity index (χ2n) is 5.19. The highest BCUT2D eigenvalue weighted by molar-refractivity contribution is 5.91. The fraction of sp³-hybridized carbons (Fsp3) is 0.0526. The topological polar surface area (TPSA) is 48.4 Å². The van der Waals surface area contributed by atoms with Crippen LogP contribution >= 0.6 is 0 Å². The second-order valence-corrected chi connectivity index (χ2v) is 5.19. The molecule has 3 aromatic rings. The number of nitrogens with zero attached hydrogens (tertiary/aromatic N) is 1. The molecule has 0 fully saturated rings. The summed E-state index contributed by atoms with van der Waals surface area (Å²) in [6.07, 6.45) is 1.54. The number of ether oxygens (including phenoxy) is 2. The molecule has 0 atom stereocenters. The van der Waals surface area contributed by atoms with Crippen LogP contribution in [0.25, 0.3) is 0 Å². The van der Waals surface area contributed by atoms with Gasteiger partial charge in [0.05, 0.1) is 0 Å². The van der Waals surface area contributed by atoms with E-state index in [-0.39, 0.29) is 5.69 Å². The normalized spacial score (nSPS) is 15.2. The molecule has 4 heteroatoms. The van der Waals surface area contributed by atoms with Crippen molar-refractivity contribution in [2.45, 2.75) is 5.79 Å². The third-order valence-corrected chi connectivity index (χ3v) is 3.76. The van der Waals surface area contributed by atoms with Crippen LogP contribution in [0.4, 0.5) is 0 Å². The Balaban J connectivity index is 1.94. The van der Waals surface area contributed by atoms with Crippen molar-refractivity contribution in [3.05, 3.63) is 95.8 Å². The van der Waals surface area contributed by atoms with E-state index in [1.165, 1.54) is 0 Å². The Morgan fingerprint density at radius 1 is 0.739 bits per heavy atom. The molecule has 0 amide bonds. The molecule has 4 rings (SSSR count). The smallest absolute Gasteiger partial charge is 0.364 e. The summed E-state index contributed by atoms with van der Waals surface area (Å²) in [6.45, 7) is 0. The van der Waals surface area contributed by atoms with Crippen molar-refractivity contribution in [1.82, 2.24) is 4.98 Å². The number of rotatable bonds is 2. The molecule has 1 aliphatic heterocycles. The SMILES string of the molecule is O=C1OC(c2ccccc2)(c2ccccc2)Oc2cccnc21. The average molecular weight is 303 g/mol. The highest BCUT2D eigenvalue weighted by atomic mass is 16.7. The molecule has 0 bridgehead atoms. The highest BCUT2D eigenvalue weighted by Gasteiger charge is 2.46. The fourth-order valence-corrected chi connectivity index (χ4v) is 2.70. The largest absolute Gasteiger partial charge is 0.442 e. The summed E-state index contributed by atoms with van der Waals surface area (Å²) in [5.41, 5.74) is 1.68. The Morgan fingerprint density at radius 3 is 1.96 bits per heavy atom. The van der Waals surface area contributed by atoms with E-state index >= 15 is 0 Å². The van der Waals surface area contributed by atoms with Gasteiger partial charge in [-0.25, -0.2) is 9.78 Å². The van der Waals surface area contributed by atoms with Crippen molar-refractivity contribution in [2.24, 2.45) is 0 Å². The maximum atomic E-state index is 12.5. The Hall–Kier alpha value is -3.14. The number of esters is 1. The van der Waals surface area contributed by atoms with Gasteiger partial charge in [-0.15, -0.1) is 0 Å². The molecule has 2 aromatic carbocycles. The number of benzene rings is 2. The monoisotopic (exact) mass is 303 g/mol. The van der Waals surface area contributed by atoms with Crippen LogP contribution < -0.4 is 4.74 Å². The van der Waals surface area contributed by atoms with Crippen molar-refractivity contribution in [2.75, 3.05) is 0 Å². The molecule has 0 unspecified atom stereocenters. The number of pyridine rings is 1. The zero-order valence-electron chi connectivity index (χ0n) is 12.2. The van der Waals surface area contributed by atoms with Crippen LogP contribution in [0, 0.1) is 0 Å². The summed E-state index contributed by atoms with van der Waals surface area (Å²) < 4.78 is 11.9. The van der Waals surface area contributed by atoms with Gasteiger partial charge in [0.25, 0.3) is 0 Å². The minimum atomic E-state index is -1.31. The molecule has 0 spiro atoms. The van der Waals surface area contributed by atoms with E-state index in [0.29, 0.717) is 5.75 Å². The van der Waals surface area contributed by atoms with E-state index in [1.807, 2.05) is 60.7 Å². The lowest BCUT2D eigenvalue weighted by molar-refractivity contribution is -0.132. The first-order valence-corrected chi connectivity index (χ1v) is 7.28. The first-order valence-electron chi connectivity index (χ1n) is 7.28. The number of fused-ring (bicyclic) bond motifs is 1. The van der Waals surface area contributed by atoms with E-state index < -0.39 is 11.8 Å². The van der Waals surface area contributed by atoms with Crippen LogP contribution in [-0.4, -0.2) is 11.0 Å². The molecule has 0 saturated carbocycles. The Kier molecular flexibility index (Phi) is 3.08. The minimum absolute atomic E-state index is 0.190. The number of cyclic esters (lactones) is 1. The van der Waals surface area contributed by atoms with E-state index in [1.54, 1.807) is 18.3 Å². The summed E-state index contributed by atoms with van der Waals surface area (Å²) in [5.74, 6) is -1.40. The Labute approximate surface area is 133 Å². The van der Waals surface area contributed by atoms with Crippen LogP contribution in [0.5, 0.6) is 5.75 Å². The first-order chi connectivity index (χ1) is 11.3. The van der Waals surface area contributed by atoms with Gasteiger partial charge in [-0.05, 0) is 12.1 Å². The summed E-state index contributed by atoms with van der Waals surface area (Å²) in [4.78, 5) is 16.5. The van der Waals surface area contributed by atoms with Crippen LogP contribution in [0.2, 0.25) is 0 Å². The first kappa shape index (κ1) is 13.5. The quantitative estimate of drug-likeness (QED) is 0.680. The van der Waals surface area contributed by atoms with Gasteiger partial charge in [0, 0.05) is 17.3 Å². The van der Waals surface area contributed by atoms with E-state index in [4.69, 9.17) is 9.47 Å². The fourth-order valence-electron chi connectivity index (χ4n) is 2.70. The van der Waals surface area contributed by atoms with Gasteiger partial charge in [-0.1, -0.05) is 60.7 Å². The summed E-state index contributed by atoms with van der Waals surface area (Å²) >= 11 is 0. The lowest BCUT2D eigenvalue weighted by Gasteiger charge is -2.37. The Bertz CT molecular complexity index is 807. The summed E-state index contributed by atoms with van der Waals surface area (Å²) in [7, 11) is 0. The third-order valence-electron chi connectivity index (χ3n) is 3.76. The highest BCUT2D eigenvalue weighted by Crippen LogP contribution is 2.41. The van der Waals surface area contributed by atoms with E-state index in [0.717, 1.165) is 11.1 Å². The second kappa shape index (κ2) is 5.25. The molecule has 112 valence electrons. The molecule has 0 aliphatic carbocycles. The van der Waals surface area contributed by atoms with Gasteiger partial charge >= 0.3 is 11.8 Å². The van der Waals surface area contributed by atoms with Gasteiger partial charge in [0.1, 0.15) is 0 Å². The van der Waals surface area contributed by atoms with Gasteiger partial charge in [-0.3, -0.25) is 0 Å². The number of carbonyl (C=O) groups is 1. The van der Waals surface area contributed by atoms with Crippen LogP contribution in [-0.2, 0) is 10.5 Å². The lowest BCUT2D eigenvalue weighted by Crippen LogP contribution is -2.43. The number of hydrogen-bond donors (Lipinski definition) is 0. The maximum Gasteiger partial charge on any atom is 0.364 e. The molecule has 0 radical (unpaired) electrons. The number of hydrogen-bond acceptors (Lipinski definition) is 4. The van der Waals surface area contributed by atoms with E-state index in [9.17, 15) is 4.79 Å². The predicted octanol–water partition coefficient (Wildman–Crippen LogP) is 3.53. The molecule has 1 aliphatic rings. The van der Waals surface area contributed by atoms with Crippen LogP contribution in [0.1, 0.15) is 21.6 Å². The molecule has 1 aromatic heterocycles. The molecule has 0 N–H and O–H groups in total. The Morgan fingerprint density at radius 2 is 1.35 bits per heavy atom. The van der Waals surface area contributed by atoms with Crippen molar-refractivity contribution in [1.29, 1.82) is 0 Å². The lowest BCUT2D eigenvalue weighted by atomic mass is 9.96. The van der Waals surface area contributed by atoms with Crippen molar-refractivity contribution in [3.63, 3.8) is 0 Å². The molecular formula is C19H13NO3. The van der Waals surface area contributed by atoms with Gasteiger partial charge in [0.2, 0.25) is 0 Å². The van der Waals surface area contributed by atoms with Gasteiger partial charge in [-0.2, -0.15) is 0 Å². The van der Waals surface area contributed by atoms with Crippen molar-refractivity contribution in [3.8, 4) is 5.75 Å². The molecule has 23 heavy (non-hydrogen) atoms. The average Bonchev–Trinajstić information content (AvgIpc) is 2.63. The molecular weight excluding hydrogens is 290 g/mol. The molecule has 0 saturated heterocycles. The minimum Gasteiger partial charge on any atom is -0.442 e. The van der Waals surface area contributed by atoms with E-state index in [2.05, 4.69) is 4.98 Å². The van der Waals surface area contributed by atoms with Crippen molar-refractivity contribution >= 4 is 5.97 Å². The third kappa shape index (κ3) is 2.16. The summed E-state index contributed by atoms with van der Waals surface area (Å²) in [5, 5.41) is 0.